The Morgan fingerprint density at radius 1 is 1.20 bits per heavy atom. The van der Waals surface area contributed by atoms with Crippen LogP contribution in [0.25, 0.3) is 0 Å². The van der Waals surface area contributed by atoms with Crippen LogP contribution in [0.1, 0.15) is 72.1 Å². The molecule has 1 aliphatic heterocycles. The van der Waals surface area contributed by atoms with Crippen molar-refractivity contribution in [3.8, 4) is 0 Å². The van der Waals surface area contributed by atoms with Crippen LogP contribution in [0.3, 0.4) is 0 Å². The van der Waals surface area contributed by atoms with E-state index in [0.717, 1.165) is 13.0 Å². The summed E-state index contributed by atoms with van der Waals surface area (Å²) in [5.74, 6) is 1.04. The number of carbonyl (C=O) groups is 1. The number of nitrogens with zero attached hydrogens (tertiary/aromatic N) is 1. The zero-order valence-corrected chi connectivity index (χ0v) is 13.4. The normalized spacial score (nSPS) is 36.9. The number of nitrogens with one attached hydrogen (secondary N) is 1. The first-order valence-electron chi connectivity index (χ1n) is 8.62. The molecule has 0 bridgehead atoms. The minimum Gasteiger partial charge on any atom is -0.325 e. The maximum Gasteiger partial charge on any atom is 0.243 e. The van der Waals surface area contributed by atoms with Crippen molar-refractivity contribution in [3.63, 3.8) is 0 Å². The molecule has 3 rings (SSSR count). The molecule has 0 aromatic carbocycles. The molecule has 2 saturated carbocycles. The molecule has 3 heteroatoms. The van der Waals surface area contributed by atoms with E-state index in [-0.39, 0.29) is 5.54 Å². The van der Waals surface area contributed by atoms with Gasteiger partial charge >= 0.3 is 0 Å². The Morgan fingerprint density at radius 3 is 2.35 bits per heavy atom. The summed E-state index contributed by atoms with van der Waals surface area (Å²) in [6.07, 6.45) is 10.3. The monoisotopic (exact) mass is 278 g/mol. The molecule has 1 heterocycles. The highest BCUT2D eigenvalue weighted by atomic mass is 16.2. The van der Waals surface area contributed by atoms with Gasteiger partial charge in [-0.2, -0.15) is 0 Å². The van der Waals surface area contributed by atoms with Crippen molar-refractivity contribution in [2.45, 2.75) is 83.8 Å². The van der Waals surface area contributed by atoms with Gasteiger partial charge < -0.3 is 4.90 Å². The van der Waals surface area contributed by atoms with Crippen LogP contribution in [0.2, 0.25) is 0 Å². The van der Waals surface area contributed by atoms with Crippen molar-refractivity contribution in [2.24, 2.45) is 11.3 Å². The number of hydrogen-bond donors (Lipinski definition) is 1. The molecule has 114 valence electrons. The summed E-state index contributed by atoms with van der Waals surface area (Å²) in [7, 11) is 0. The molecule has 1 amide bonds. The summed E-state index contributed by atoms with van der Waals surface area (Å²) in [4.78, 5) is 15.1. The van der Waals surface area contributed by atoms with Crippen molar-refractivity contribution < 1.29 is 4.79 Å². The van der Waals surface area contributed by atoms with Crippen molar-refractivity contribution in [1.29, 1.82) is 0 Å². The quantitative estimate of drug-likeness (QED) is 0.837. The van der Waals surface area contributed by atoms with Gasteiger partial charge in [0.1, 0.15) is 0 Å². The lowest BCUT2D eigenvalue weighted by molar-refractivity contribution is -0.134. The first-order chi connectivity index (χ1) is 9.53. The average molecular weight is 278 g/mol. The van der Waals surface area contributed by atoms with Gasteiger partial charge in [0.05, 0.1) is 11.7 Å². The van der Waals surface area contributed by atoms with Gasteiger partial charge in [-0.15, -0.1) is 0 Å². The van der Waals surface area contributed by atoms with E-state index in [1.165, 1.54) is 44.9 Å². The van der Waals surface area contributed by atoms with E-state index in [1.54, 1.807) is 0 Å². The summed E-state index contributed by atoms with van der Waals surface area (Å²) >= 11 is 0. The van der Waals surface area contributed by atoms with Crippen LogP contribution in [-0.2, 0) is 4.79 Å². The third-order valence-electron chi connectivity index (χ3n) is 6.30. The molecule has 3 fully saturated rings. The maximum atomic E-state index is 12.9. The Bertz CT molecular complexity index is 384. The number of rotatable bonds is 5. The molecule has 1 N–H and O–H groups in total. The number of amides is 1. The van der Waals surface area contributed by atoms with Gasteiger partial charge in [-0.25, -0.2) is 0 Å². The van der Waals surface area contributed by atoms with Gasteiger partial charge in [0, 0.05) is 6.54 Å². The van der Waals surface area contributed by atoms with E-state index in [2.05, 4.69) is 31.0 Å². The molecule has 3 nitrogen and oxygen atoms in total. The fraction of sp³-hybridized carbons (Fsp3) is 0.941. The van der Waals surface area contributed by atoms with Crippen LogP contribution in [0.4, 0.5) is 0 Å². The summed E-state index contributed by atoms with van der Waals surface area (Å²) < 4.78 is 0. The molecule has 0 aromatic rings. The van der Waals surface area contributed by atoms with Crippen molar-refractivity contribution >= 4 is 5.91 Å². The summed E-state index contributed by atoms with van der Waals surface area (Å²) in [5, 5.41) is 3.71. The lowest BCUT2D eigenvalue weighted by Gasteiger charge is -2.32. The van der Waals surface area contributed by atoms with Crippen LogP contribution in [0.15, 0.2) is 0 Å². The zero-order valence-electron chi connectivity index (χ0n) is 13.4. The topological polar surface area (TPSA) is 32.3 Å². The van der Waals surface area contributed by atoms with Crippen molar-refractivity contribution in [3.05, 3.63) is 0 Å². The minimum atomic E-state index is -0.322. The first kappa shape index (κ1) is 14.4. The summed E-state index contributed by atoms with van der Waals surface area (Å²) in [5.41, 5.74) is 0.129. The predicted octanol–water partition coefficient (Wildman–Crippen LogP) is 3.29. The van der Waals surface area contributed by atoms with Crippen molar-refractivity contribution in [1.82, 2.24) is 10.2 Å². The van der Waals surface area contributed by atoms with Crippen LogP contribution in [-0.4, -0.2) is 29.1 Å². The highest BCUT2D eigenvalue weighted by molar-refractivity contribution is 5.88. The Labute approximate surface area is 123 Å². The molecule has 0 radical (unpaired) electrons. The predicted molar refractivity (Wildman–Crippen MR) is 81.2 cm³/mol. The van der Waals surface area contributed by atoms with Crippen LogP contribution < -0.4 is 5.32 Å². The molecule has 0 spiro atoms. The first-order valence-corrected chi connectivity index (χ1v) is 8.62. The Kier molecular flexibility index (Phi) is 3.60. The highest BCUT2D eigenvalue weighted by Crippen LogP contribution is 2.50. The second-order valence-electron chi connectivity index (χ2n) is 7.61. The SMILES string of the molecule is CCC1(CN2C(=O)C(C)(CC)NC2C2CCCC2)CC1. The molecule has 3 aliphatic rings. The molecule has 2 unspecified atom stereocenters. The molecule has 2 atom stereocenters. The van der Waals surface area contributed by atoms with E-state index >= 15 is 0 Å². The second kappa shape index (κ2) is 5.01. The molecule has 20 heavy (non-hydrogen) atoms. The summed E-state index contributed by atoms with van der Waals surface area (Å²) in [6.45, 7) is 7.51. The highest BCUT2D eigenvalue weighted by Gasteiger charge is 2.53. The molecule has 1 saturated heterocycles. The summed E-state index contributed by atoms with van der Waals surface area (Å²) in [6, 6.07) is 0. The Morgan fingerprint density at radius 2 is 1.85 bits per heavy atom. The van der Waals surface area contributed by atoms with E-state index in [4.69, 9.17) is 0 Å². The second-order valence-corrected chi connectivity index (χ2v) is 7.61. The molecule has 2 aliphatic carbocycles. The van der Waals surface area contributed by atoms with Gasteiger partial charge in [0.15, 0.2) is 0 Å². The van der Waals surface area contributed by atoms with Crippen molar-refractivity contribution in [2.75, 3.05) is 6.54 Å². The van der Waals surface area contributed by atoms with E-state index in [1.807, 2.05) is 0 Å². The standard InChI is InChI=1S/C17H30N2O/c1-4-16(3)15(20)19(12-17(5-2)10-11-17)14(18-16)13-8-6-7-9-13/h13-14,18H,4-12H2,1-3H3. The third-order valence-corrected chi connectivity index (χ3v) is 6.30. The van der Waals surface area contributed by atoms with Crippen LogP contribution >= 0.6 is 0 Å². The smallest absolute Gasteiger partial charge is 0.243 e. The fourth-order valence-electron chi connectivity index (χ4n) is 4.14. The largest absolute Gasteiger partial charge is 0.325 e. The van der Waals surface area contributed by atoms with E-state index in [9.17, 15) is 4.79 Å². The van der Waals surface area contributed by atoms with E-state index in [0.29, 0.717) is 23.4 Å². The number of hydrogen-bond acceptors (Lipinski definition) is 2. The molecule has 0 aromatic heterocycles. The van der Waals surface area contributed by atoms with E-state index < -0.39 is 0 Å². The minimum absolute atomic E-state index is 0.305. The third kappa shape index (κ3) is 2.28. The van der Waals surface area contributed by atoms with Gasteiger partial charge in [0.25, 0.3) is 0 Å². The molecular formula is C17H30N2O. The maximum absolute atomic E-state index is 12.9. The van der Waals surface area contributed by atoms with Gasteiger partial charge in [-0.3, -0.25) is 10.1 Å². The van der Waals surface area contributed by atoms with Gasteiger partial charge in [-0.05, 0) is 56.8 Å². The Balaban J connectivity index is 1.80. The number of carbonyl (C=O) groups excluding carboxylic acids is 1. The fourth-order valence-corrected chi connectivity index (χ4v) is 4.14. The van der Waals surface area contributed by atoms with Gasteiger partial charge in [0.2, 0.25) is 5.91 Å². The zero-order chi connectivity index (χ0) is 14.4. The Hall–Kier alpha value is -0.570. The lowest BCUT2D eigenvalue weighted by atomic mass is 9.98. The van der Waals surface area contributed by atoms with Gasteiger partial charge in [-0.1, -0.05) is 26.7 Å². The average Bonchev–Trinajstić information content (AvgIpc) is 2.93. The lowest BCUT2D eigenvalue weighted by Crippen LogP contribution is -2.46. The van der Waals surface area contributed by atoms with Crippen LogP contribution in [0, 0.1) is 11.3 Å². The van der Waals surface area contributed by atoms with Crippen LogP contribution in [0.5, 0.6) is 0 Å². The molecular weight excluding hydrogens is 248 g/mol.